The van der Waals surface area contributed by atoms with E-state index in [4.69, 9.17) is 0 Å². The van der Waals surface area contributed by atoms with Gasteiger partial charge in [0.1, 0.15) is 0 Å². The normalized spacial score (nSPS) is 16.3. The zero-order chi connectivity index (χ0) is 25.0. The number of nitrogens with zero attached hydrogens (tertiary/aromatic N) is 1. The van der Waals surface area contributed by atoms with Crippen molar-refractivity contribution in [2.45, 2.75) is 52.5 Å². The van der Waals surface area contributed by atoms with E-state index in [1.165, 1.54) is 33.4 Å². The van der Waals surface area contributed by atoms with Crippen molar-refractivity contribution in [3.8, 4) is 0 Å². The second-order valence-electron chi connectivity index (χ2n) is 10.5. The number of nitrogens with one attached hydrogen (secondary N) is 1. The number of carbonyl (C=O) groups is 2. The summed E-state index contributed by atoms with van der Waals surface area (Å²) in [5, 5.41) is 12.5. The minimum absolute atomic E-state index is 0.0841. The van der Waals surface area contributed by atoms with E-state index in [0.717, 1.165) is 12.8 Å². The van der Waals surface area contributed by atoms with Crippen LogP contribution in [0, 0.1) is 5.41 Å². The van der Waals surface area contributed by atoms with Crippen LogP contribution in [0.1, 0.15) is 68.7 Å². The Hall–Kier alpha value is -3.18. The molecule has 4 rings (SSSR count). The third kappa shape index (κ3) is 5.73. The lowest BCUT2D eigenvalue weighted by Gasteiger charge is -2.31. The van der Waals surface area contributed by atoms with E-state index in [2.05, 4.69) is 66.0 Å². The monoisotopic (exact) mass is 472 g/mol. The van der Waals surface area contributed by atoms with Crippen molar-refractivity contribution in [3.05, 3.63) is 76.4 Å². The van der Waals surface area contributed by atoms with Gasteiger partial charge >= 0.3 is 0 Å². The first-order chi connectivity index (χ1) is 16.8. The van der Waals surface area contributed by atoms with Crippen molar-refractivity contribution in [3.63, 3.8) is 0 Å². The maximum absolute atomic E-state index is 12.9. The largest absolute Gasteiger partial charge is 0.394 e. The summed E-state index contributed by atoms with van der Waals surface area (Å²) in [5.74, 6) is -0.0301. The van der Waals surface area contributed by atoms with Gasteiger partial charge in [-0.1, -0.05) is 87.0 Å². The van der Waals surface area contributed by atoms with Crippen molar-refractivity contribution in [2.24, 2.45) is 5.41 Å². The Morgan fingerprint density at radius 1 is 0.943 bits per heavy atom. The van der Waals surface area contributed by atoms with E-state index in [1.54, 1.807) is 0 Å². The number of hydrogen-bond acceptors (Lipinski definition) is 3. The minimum atomic E-state index is -0.529. The molecule has 1 aliphatic heterocycles. The highest BCUT2D eigenvalue weighted by Crippen LogP contribution is 2.38. The van der Waals surface area contributed by atoms with Gasteiger partial charge in [0.2, 0.25) is 11.8 Å². The molecule has 1 fully saturated rings. The topological polar surface area (TPSA) is 69.6 Å². The lowest BCUT2D eigenvalue weighted by atomic mass is 9.86. The van der Waals surface area contributed by atoms with E-state index in [-0.39, 0.29) is 18.4 Å². The number of aliphatic hydroxyl groups excluding tert-OH is 1. The average molecular weight is 473 g/mol. The Morgan fingerprint density at radius 2 is 1.49 bits per heavy atom. The Morgan fingerprint density at radius 3 is 2.00 bits per heavy atom. The molecule has 2 N–H and O–H groups in total. The summed E-state index contributed by atoms with van der Waals surface area (Å²) in [6.45, 7) is 6.72. The number of amides is 2. The van der Waals surface area contributed by atoms with Crippen molar-refractivity contribution in [1.29, 1.82) is 0 Å². The number of carbonyl (C=O) groups excluding carboxylic acids is 2. The molecule has 0 aromatic heterocycles. The molecule has 2 aliphatic rings. The highest BCUT2D eigenvalue weighted by atomic mass is 16.3. The van der Waals surface area contributed by atoms with Crippen LogP contribution in [0.3, 0.4) is 0 Å². The zero-order valence-corrected chi connectivity index (χ0v) is 21.0. The van der Waals surface area contributed by atoms with Gasteiger partial charge in [-0.3, -0.25) is 9.59 Å². The molecule has 2 amide bonds. The molecule has 0 bridgehead atoms. The lowest BCUT2D eigenvalue weighted by molar-refractivity contribution is -0.133. The first kappa shape index (κ1) is 24.9. The van der Waals surface area contributed by atoms with E-state index >= 15 is 0 Å². The molecule has 2 aromatic rings. The van der Waals surface area contributed by atoms with Gasteiger partial charge in [0.05, 0.1) is 12.6 Å². The number of likely N-dealkylation sites (tertiary alicyclic amines) is 1. The van der Waals surface area contributed by atoms with Gasteiger partial charge in [0.25, 0.3) is 0 Å². The van der Waals surface area contributed by atoms with Gasteiger partial charge in [-0.25, -0.2) is 0 Å². The van der Waals surface area contributed by atoms with E-state index in [1.807, 2.05) is 25.7 Å². The van der Waals surface area contributed by atoms with Gasteiger partial charge in [-0.05, 0) is 47.1 Å². The molecular formula is C30H36N2O3. The molecule has 0 radical (unpaired) electrons. The summed E-state index contributed by atoms with van der Waals surface area (Å²) in [6, 6.07) is 16.6. The van der Waals surface area contributed by atoms with Crippen LogP contribution in [0.4, 0.5) is 0 Å². The fraction of sp³-hybridized carbons (Fsp3) is 0.400. The second kappa shape index (κ2) is 10.6. The van der Waals surface area contributed by atoms with E-state index < -0.39 is 11.5 Å². The second-order valence-corrected chi connectivity index (χ2v) is 10.5. The molecule has 1 aliphatic carbocycles. The first-order valence-electron chi connectivity index (χ1n) is 12.6. The molecule has 0 saturated carbocycles. The number of piperidine rings is 1. The maximum atomic E-state index is 12.9. The molecule has 1 saturated heterocycles. The third-order valence-corrected chi connectivity index (χ3v) is 6.92. The van der Waals surface area contributed by atoms with Crippen molar-refractivity contribution in [1.82, 2.24) is 10.2 Å². The van der Waals surface area contributed by atoms with E-state index in [0.29, 0.717) is 25.9 Å². The summed E-state index contributed by atoms with van der Waals surface area (Å²) < 4.78 is 0. The molecule has 1 atom stereocenters. The lowest BCUT2D eigenvalue weighted by Crippen LogP contribution is -2.44. The molecule has 0 spiro atoms. The quantitative estimate of drug-likeness (QED) is 0.555. The molecule has 1 heterocycles. The first-order valence-corrected chi connectivity index (χ1v) is 12.6. The molecule has 1 unspecified atom stereocenters. The minimum Gasteiger partial charge on any atom is -0.394 e. The van der Waals surface area contributed by atoms with Crippen LogP contribution < -0.4 is 5.32 Å². The van der Waals surface area contributed by atoms with Crippen LogP contribution >= 0.6 is 0 Å². The fourth-order valence-electron chi connectivity index (χ4n) is 4.79. The highest BCUT2D eigenvalue weighted by Gasteiger charge is 2.27. The number of rotatable bonds is 5. The third-order valence-electron chi connectivity index (χ3n) is 6.92. The smallest absolute Gasteiger partial charge is 0.225 e. The molecule has 5 nitrogen and oxygen atoms in total. The van der Waals surface area contributed by atoms with Crippen LogP contribution in [-0.2, 0) is 9.59 Å². The Kier molecular flexibility index (Phi) is 7.56. The Labute approximate surface area is 208 Å². The van der Waals surface area contributed by atoms with E-state index in [9.17, 15) is 14.7 Å². The van der Waals surface area contributed by atoms with Gasteiger partial charge in [-0.2, -0.15) is 0 Å². The summed E-state index contributed by atoms with van der Waals surface area (Å²) >= 11 is 0. The molecule has 5 heteroatoms. The molecule has 35 heavy (non-hydrogen) atoms. The SMILES string of the molecule is CC(C)(C)C(=O)NC(CO)CCC(=O)N1CCC(=C2c3ccccc3C=Cc3ccccc32)CC1. The van der Waals surface area contributed by atoms with Gasteiger partial charge in [0.15, 0.2) is 0 Å². The summed E-state index contributed by atoms with van der Waals surface area (Å²) in [6.07, 6.45) is 6.82. The van der Waals surface area contributed by atoms with Crippen molar-refractivity contribution >= 4 is 29.5 Å². The van der Waals surface area contributed by atoms with Crippen molar-refractivity contribution in [2.75, 3.05) is 19.7 Å². The van der Waals surface area contributed by atoms with Crippen LogP contribution in [0.15, 0.2) is 54.1 Å². The molecular weight excluding hydrogens is 436 g/mol. The summed E-state index contributed by atoms with van der Waals surface area (Å²) in [4.78, 5) is 27.1. The number of hydrogen-bond donors (Lipinski definition) is 2. The predicted molar refractivity (Wildman–Crippen MR) is 141 cm³/mol. The highest BCUT2D eigenvalue weighted by molar-refractivity contribution is 5.95. The Balaban J connectivity index is 1.45. The van der Waals surface area contributed by atoms with Crippen LogP contribution in [-0.4, -0.2) is 47.6 Å². The number of fused-ring (bicyclic) bond motifs is 2. The van der Waals surface area contributed by atoms with Crippen LogP contribution in [0.5, 0.6) is 0 Å². The van der Waals surface area contributed by atoms with Gasteiger partial charge < -0.3 is 15.3 Å². The average Bonchev–Trinajstić information content (AvgIpc) is 3.02. The Bertz CT molecular complexity index is 1090. The van der Waals surface area contributed by atoms with Crippen LogP contribution in [0.25, 0.3) is 17.7 Å². The van der Waals surface area contributed by atoms with Crippen LogP contribution in [0.2, 0.25) is 0 Å². The molecule has 2 aromatic carbocycles. The summed E-state index contributed by atoms with van der Waals surface area (Å²) in [7, 11) is 0. The standard InChI is InChI=1S/C30H36N2O3/c1-30(2,3)29(35)31-24(20-33)14-15-27(34)32-18-16-23(17-19-32)28-25-10-6-4-8-21(25)12-13-22-9-5-7-11-26(22)28/h4-13,24,33H,14-20H2,1-3H3,(H,31,35). The van der Waals surface area contributed by atoms with Gasteiger partial charge in [-0.15, -0.1) is 0 Å². The van der Waals surface area contributed by atoms with Crippen molar-refractivity contribution < 1.29 is 14.7 Å². The predicted octanol–water partition coefficient (Wildman–Crippen LogP) is 4.90. The molecule has 184 valence electrons. The number of benzene rings is 2. The fourth-order valence-corrected chi connectivity index (χ4v) is 4.79. The number of aliphatic hydroxyl groups is 1. The van der Waals surface area contributed by atoms with Gasteiger partial charge in [0, 0.05) is 24.9 Å². The zero-order valence-electron chi connectivity index (χ0n) is 21.0. The maximum Gasteiger partial charge on any atom is 0.225 e. The summed E-state index contributed by atoms with van der Waals surface area (Å²) in [5.41, 5.74) is 7.11.